The summed E-state index contributed by atoms with van der Waals surface area (Å²) in [7, 11) is -3.16. The molecule has 1 aromatic rings. The maximum Gasteiger partial charge on any atom is 0.227 e. The number of rotatable bonds is 6. The zero-order valence-corrected chi connectivity index (χ0v) is 15.7. The van der Waals surface area contributed by atoms with Gasteiger partial charge in [0.05, 0.1) is 5.75 Å². The average Bonchev–Trinajstić information content (AvgIpc) is 2.56. The molecule has 0 radical (unpaired) electrons. The molecular formula is C18H28N2O3S. The molecular weight excluding hydrogens is 324 g/mol. The van der Waals surface area contributed by atoms with Crippen LogP contribution < -0.4 is 5.32 Å². The van der Waals surface area contributed by atoms with Gasteiger partial charge in [0.1, 0.15) is 0 Å². The standard InChI is InChI=1S/C18H28N2O3S/c1-4-13-24(22,23)20-11-9-16(10-12-20)18(21)19-17-14(3)7-6-8-15(17)5-2/h6-8,16H,4-5,9-13H2,1-3H3,(H,19,21). The number of carbonyl (C=O) groups excluding carboxylic acids is 1. The van der Waals surface area contributed by atoms with Gasteiger partial charge >= 0.3 is 0 Å². The van der Waals surface area contributed by atoms with E-state index in [1.54, 1.807) is 0 Å². The Kier molecular flexibility index (Phi) is 6.40. The molecule has 24 heavy (non-hydrogen) atoms. The van der Waals surface area contributed by atoms with Gasteiger partial charge in [0, 0.05) is 24.7 Å². The Morgan fingerprint density at radius 1 is 1.25 bits per heavy atom. The molecule has 0 atom stereocenters. The molecule has 1 aliphatic rings. The Hall–Kier alpha value is -1.40. The summed E-state index contributed by atoms with van der Waals surface area (Å²) in [4.78, 5) is 12.6. The summed E-state index contributed by atoms with van der Waals surface area (Å²) in [5, 5.41) is 3.07. The van der Waals surface area contributed by atoms with Crippen LogP contribution in [0.2, 0.25) is 0 Å². The lowest BCUT2D eigenvalue weighted by atomic mass is 9.96. The summed E-state index contributed by atoms with van der Waals surface area (Å²) in [6, 6.07) is 6.03. The molecule has 1 N–H and O–H groups in total. The number of para-hydroxylation sites is 1. The molecule has 0 bridgehead atoms. The molecule has 1 aliphatic heterocycles. The minimum atomic E-state index is -3.16. The minimum Gasteiger partial charge on any atom is -0.325 e. The van der Waals surface area contributed by atoms with Crippen molar-refractivity contribution in [3.8, 4) is 0 Å². The zero-order valence-electron chi connectivity index (χ0n) is 14.8. The van der Waals surface area contributed by atoms with Crippen molar-refractivity contribution < 1.29 is 13.2 Å². The van der Waals surface area contributed by atoms with Crippen LogP contribution in [0.15, 0.2) is 18.2 Å². The van der Waals surface area contributed by atoms with Crippen LogP contribution in [0.25, 0.3) is 0 Å². The van der Waals surface area contributed by atoms with Crippen molar-refractivity contribution in [2.45, 2.75) is 46.5 Å². The second-order valence-electron chi connectivity index (χ2n) is 6.44. The summed E-state index contributed by atoms with van der Waals surface area (Å²) in [5.41, 5.74) is 3.10. The van der Waals surface area contributed by atoms with E-state index in [1.807, 2.05) is 32.0 Å². The number of aryl methyl sites for hydroxylation is 2. The van der Waals surface area contributed by atoms with E-state index in [0.717, 1.165) is 23.2 Å². The van der Waals surface area contributed by atoms with E-state index in [1.165, 1.54) is 4.31 Å². The molecule has 0 aliphatic carbocycles. The first kappa shape index (κ1) is 18.9. The lowest BCUT2D eigenvalue weighted by Crippen LogP contribution is -2.42. The van der Waals surface area contributed by atoms with Gasteiger partial charge in [-0.1, -0.05) is 32.0 Å². The van der Waals surface area contributed by atoms with Crippen LogP contribution in [0.4, 0.5) is 5.69 Å². The largest absolute Gasteiger partial charge is 0.325 e. The van der Waals surface area contributed by atoms with Gasteiger partial charge < -0.3 is 5.32 Å². The third-order valence-corrected chi connectivity index (χ3v) is 6.74. The van der Waals surface area contributed by atoms with Gasteiger partial charge in [0.15, 0.2) is 0 Å². The number of piperidine rings is 1. The van der Waals surface area contributed by atoms with Gasteiger partial charge in [0.25, 0.3) is 0 Å². The van der Waals surface area contributed by atoms with Crippen molar-refractivity contribution in [1.82, 2.24) is 4.31 Å². The molecule has 0 aromatic heterocycles. The number of nitrogens with zero attached hydrogens (tertiary/aromatic N) is 1. The molecule has 0 unspecified atom stereocenters. The highest BCUT2D eigenvalue weighted by molar-refractivity contribution is 7.89. The second-order valence-corrected chi connectivity index (χ2v) is 8.53. The van der Waals surface area contributed by atoms with E-state index >= 15 is 0 Å². The van der Waals surface area contributed by atoms with Crippen molar-refractivity contribution in [3.63, 3.8) is 0 Å². The van der Waals surface area contributed by atoms with Crippen LogP contribution in [-0.4, -0.2) is 37.5 Å². The summed E-state index contributed by atoms with van der Waals surface area (Å²) >= 11 is 0. The minimum absolute atomic E-state index is 0.00606. The Bertz CT molecular complexity index is 678. The predicted octanol–water partition coefficient (Wildman–Crippen LogP) is 2.95. The number of nitrogens with one attached hydrogen (secondary N) is 1. The third-order valence-electron chi connectivity index (χ3n) is 4.67. The van der Waals surface area contributed by atoms with Crippen LogP contribution >= 0.6 is 0 Å². The molecule has 6 heteroatoms. The lowest BCUT2D eigenvalue weighted by molar-refractivity contribution is -0.120. The van der Waals surface area contributed by atoms with Gasteiger partial charge in [-0.05, 0) is 43.7 Å². The molecule has 0 spiro atoms. The van der Waals surface area contributed by atoms with Gasteiger partial charge in [-0.25, -0.2) is 12.7 Å². The van der Waals surface area contributed by atoms with Crippen LogP contribution in [0.1, 0.15) is 44.2 Å². The first-order valence-electron chi connectivity index (χ1n) is 8.76. The van der Waals surface area contributed by atoms with E-state index in [9.17, 15) is 13.2 Å². The first-order chi connectivity index (χ1) is 11.4. The fraction of sp³-hybridized carbons (Fsp3) is 0.611. The quantitative estimate of drug-likeness (QED) is 0.856. The second kappa shape index (κ2) is 8.12. The summed E-state index contributed by atoms with van der Waals surface area (Å²) in [6.45, 7) is 6.81. The van der Waals surface area contributed by atoms with Gasteiger partial charge in [0.2, 0.25) is 15.9 Å². The highest BCUT2D eigenvalue weighted by Crippen LogP contribution is 2.25. The number of hydrogen-bond donors (Lipinski definition) is 1. The normalized spacial score (nSPS) is 17.0. The van der Waals surface area contributed by atoms with E-state index in [-0.39, 0.29) is 17.6 Å². The topological polar surface area (TPSA) is 66.5 Å². The number of benzene rings is 1. The zero-order chi connectivity index (χ0) is 17.7. The van der Waals surface area contributed by atoms with Crippen LogP contribution in [0.3, 0.4) is 0 Å². The van der Waals surface area contributed by atoms with E-state index in [4.69, 9.17) is 0 Å². The molecule has 1 fully saturated rings. The molecule has 1 amide bonds. The van der Waals surface area contributed by atoms with Gasteiger partial charge in [-0.2, -0.15) is 0 Å². The highest BCUT2D eigenvalue weighted by Gasteiger charge is 2.30. The summed E-state index contributed by atoms with van der Waals surface area (Å²) in [6.07, 6.45) is 2.66. The number of amides is 1. The van der Waals surface area contributed by atoms with E-state index < -0.39 is 10.0 Å². The Morgan fingerprint density at radius 2 is 1.92 bits per heavy atom. The molecule has 0 saturated carbocycles. The van der Waals surface area contributed by atoms with Crippen molar-refractivity contribution in [2.24, 2.45) is 5.92 Å². The number of hydrogen-bond acceptors (Lipinski definition) is 3. The molecule has 134 valence electrons. The molecule has 1 saturated heterocycles. The molecule has 5 nitrogen and oxygen atoms in total. The molecule has 2 rings (SSSR count). The average molecular weight is 353 g/mol. The Balaban J connectivity index is 1.99. The number of sulfonamides is 1. The van der Waals surface area contributed by atoms with Crippen molar-refractivity contribution in [2.75, 3.05) is 24.2 Å². The van der Waals surface area contributed by atoms with Gasteiger partial charge in [-0.15, -0.1) is 0 Å². The van der Waals surface area contributed by atoms with Crippen LogP contribution in [-0.2, 0) is 21.2 Å². The highest BCUT2D eigenvalue weighted by atomic mass is 32.2. The van der Waals surface area contributed by atoms with Crippen molar-refractivity contribution >= 4 is 21.6 Å². The number of carbonyl (C=O) groups is 1. The maximum absolute atomic E-state index is 12.6. The fourth-order valence-electron chi connectivity index (χ4n) is 3.21. The van der Waals surface area contributed by atoms with E-state index in [2.05, 4.69) is 12.2 Å². The van der Waals surface area contributed by atoms with E-state index in [0.29, 0.717) is 32.4 Å². The Labute approximate surface area is 145 Å². The number of anilines is 1. The molecule has 1 aromatic carbocycles. The summed E-state index contributed by atoms with van der Waals surface area (Å²) in [5.74, 6) is 0.0707. The van der Waals surface area contributed by atoms with Crippen LogP contribution in [0, 0.1) is 12.8 Å². The van der Waals surface area contributed by atoms with Crippen LogP contribution in [0.5, 0.6) is 0 Å². The smallest absolute Gasteiger partial charge is 0.227 e. The first-order valence-corrected chi connectivity index (χ1v) is 10.4. The fourth-order valence-corrected chi connectivity index (χ4v) is 4.75. The molecule has 1 heterocycles. The van der Waals surface area contributed by atoms with Crippen molar-refractivity contribution in [3.05, 3.63) is 29.3 Å². The maximum atomic E-state index is 12.6. The lowest BCUT2D eigenvalue weighted by Gasteiger charge is -2.30. The summed E-state index contributed by atoms with van der Waals surface area (Å²) < 4.78 is 25.7. The predicted molar refractivity (Wildman–Crippen MR) is 97.6 cm³/mol. The van der Waals surface area contributed by atoms with Gasteiger partial charge in [-0.3, -0.25) is 4.79 Å². The third kappa shape index (κ3) is 4.36. The SMILES string of the molecule is CCCS(=O)(=O)N1CCC(C(=O)Nc2c(C)cccc2CC)CC1. The Morgan fingerprint density at radius 3 is 2.50 bits per heavy atom. The monoisotopic (exact) mass is 352 g/mol. The van der Waals surface area contributed by atoms with Crippen molar-refractivity contribution in [1.29, 1.82) is 0 Å².